The predicted molar refractivity (Wildman–Crippen MR) is 87.1 cm³/mol. The average molecular weight is 321 g/mol. The van der Waals surface area contributed by atoms with Gasteiger partial charge in [0.25, 0.3) is 0 Å². The Morgan fingerprint density at radius 3 is 2.71 bits per heavy atom. The molecule has 1 heterocycles. The van der Waals surface area contributed by atoms with Crippen molar-refractivity contribution in [2.24, 2.45) is 0 Å². The normalized spacial score (nSPS) is 11.2. The first-order valence-electron chi connectivity index (χ1n) is 6.60. The van der Waals surface area contributed by atoms with Crippen molar-refractivity contribution in [3.8, 4) is 11.4 Å². The summed E-state index contributed by atoms with van der Waals surface area (Å²) >= 11 is 12.3. The number of benzene rings is 2. The number of rotatable bonds is 4. The van der Waals surface area contributed by atoms with Crippen molar-refractivity contribution in [1.82, 2.24) is 9.55 Å². The fourth-order valence-electron chi connectivity index (χ4n) is 2.36. The Kier molecular flexibility index (Phi) is 4.15. The minimum Gasteiger partial charge on any atom is -0.383 e. The van der Waals surface area contributed by atoms with Crippen molar-refractivity contribution in [3.05, 3.63) is 52.5 Å². The van der Waals surface area contributed by atoms with Crippen molar-refractivity contribution in [2.45, 2.75) is 6.54 Å². The third-order valence-electron chi connectivity index (χ3n) is 3.35. The van der Waals surface area contributed by atoms with Crippen LogP contribution in [0.4, 0.5) is 0 Å². The maximum Gasteiger partial charge on any atom is 0.142 e. The summed E-state index contributed by atoms with van der Waals surface area (Å²) in [5.74, 6) is 0.829. The molecule has 21 heavy (non-hydrogen) atoms. The molecule has 0 radical (unpaired) electrons. The van der Waals surface area contributed by atoms with E-state index in [0.717, 1.165) is 22.4 Å². The molecule has 0 bridgehead atoms. The fourth-order valence-corrected chi connectivity index (χ4v) is 2.85. The Hall–Kier alpha value is -1.55. The molecule has 0 saturated carbocycles. The first-order valence-corrected chi connectivity index (χ1v) is 7.36. The topological polar surface area (TPSA) is 27.1 Å². The van der Waals surface area contributed by atoms with Gasteiger partial charge in [-0.2, -0.15) is 0 Å². The van der Waals surface area contributed by atoms with E-state index in [1.807, 2.05) is 36.4 Å². The van der Waals surface area contributed by atoms with Crippen LogP contribution in [0.1, 0.15) is 0 Å². The second kappa shape index (κ2) is 6.06. The molecule has 0 spiro atoms. The Bertz CT molecular complexity index is 783. The van der Waals surface area contributed by atoms with E-state index in [0.29, 0.717) is 23.2 Å². The van der Waals surface area contributed by atoms with Crippen LogP contribution in [-0.2, 0) is 11.3 Å². The van der Waals surface area contributed by atoms with Crippen LogP contribution < -0.4 is 0 Å². The van der Waals surface area contributed by atoms with E-state index in [1.54, 1.807) is 13.2 Å². The Morgan fingerprint density at radius 1 is 1.14 bits per heavy atom. The Labute approximate surface area is 133 Å². The number of nitrogens with zero attached hydrogens (tertiary/aromatic N) is 2. The lowest BCUT2D eigenvalue weighted by Crippen LogP contribution is -2.06. The second-order valence-electron chi connectivity index (χ2n) is 4.69. The van der Waals surface area contributed by atoms with E-state index in [9.17, 15) is 0 Å². The number of methoxy groups -OCH3 is 1. The molecular formula is C16H14Cl2N2O. The molecule has 3 rings (SSSR count). The van der Waals surface area contributed by atoms with Crippen molar-refractivity contribution in [3.63, 3.8) is 0 Å². The van der Waals surface area contributed by atoms with Gasteiger partial charge in [-0.15, -0.1) is 0 Å². The molecule has 0 saturated heterocycles. The number of halogens is 2. The highest BCUT2D eigenvalue weighted by Gasteiger charge is 2.14. The summed E-state index contributed by atoms with van der Waals surface area (Å²) in [5, 5.41) is 1.21. The second-order valence-corrected chi connectivity index (χ2v) is 5.54. The highest BCUT2D eigenvalue weighted by atomic mass is 35.5. The molecule has 1 aromatic heterocycles. The molecule has 3 aromatic rings. The van der Waals surface area contributed by atoms with Crippen molar-refractivity contribution in [2.75, 3.05) is 13.7 Å². The molecule has 0 aliphatic heterocycles. The van der Waals surface area contributed by atoms with Gasteiger partial charge < -0.3 is 9.30 Å². The number of hydrogen-bond acceptors (Lipinski definition) is 2. The zero-order valence-corrected chi connectivity index (χ0v) is 13.0. The van der Waals surface area contributed by atoms with E-state index in [4.69, 9.17) is 32.9 Å². The highest BCUT2D eigenvalue weighted by molar-refractivity contribution is 6.36. The summed E-state index contributed by atoms with van der Waals surface area (Å²) in [4.78, 5) is 4.71. The van der Waals surface area contributed by atoms with Gasteiger partial charge in [-0.3, -0.25) is 0 Å². The van der Waals surface area contributed by atoms with Crippen LogP contribution in [0.15, 0.2) is 42.5 Å². The van der Waals surface area contributed by atoms with Crippen molar-refractivity contribution in [1.29, 1.82) is 0 Å². The SMILES string of the molecule is COCCn1c(-c2ccc(Cl)cc2Cl)nc2ccccc21. The lowest BCUT2D eigenvalue weighted by Gasteiger charge is -2.10. The Morgan fingerprint density at radius 2 is 1.95 bits per heavy atom. The van der Waals surface area contributed by atoms with Gasteiger partial charge in [0.1, 0.15) is 5.82 Å². The fraction of sp³-hybridized carbons (Fsp3) is 0.188. The third-order valence-corrected chi connectivity index (χ3v) is 3.89. The van der Waals surface area contributed by atoms with E-state index < -0.39 is 0 Å². The molecule has 2 aromatic carbocycles. The van der Waals surface area contributed by atoms with Crippen LogP contribution in [0.25, 0.3) is 22.4 Å². The van der Waals surface area contributed by atoms with Gasteiger partial charge in [0.2, 0.25) is 0 Å². The first kappa shape index (κ1) is 14.4. The molecule has 0 N–H and O–H groups in total. The van der Waals surface area contributed by atoms with E-state index in [-0.39, 0.29) is 0 Å². The summed E-state index contributed by atoms with van der Waals surface area (Å²) in [6.45, 7) is 1.32. The molecular weight excluding hydrogens is 307 g/mol. The van der Waals surface area contributed by atoms with Gasteiger partial charge in [-0.25, -0.2) is 4.98 Å². The van der Waals surface area contributed by atoms with Crippen LogP contribution in [0.5, 0.6) is 0 Å². The molecule has 0 aliphatic rings. The first-order chi connectivity index (χ1) is 10.2. The maximum atomic E-state index is 6.33. The number of aromatic nitrogens is 2. The molecule has 3 nitrogen and oxygen atoms in total. The van der Waals surface area contributed by atoms with Crippen molar-refractivity contribution < 1.29 is 4.74 Å². The summed E-state index contributed by atoms with van der Waals surface area (Å²) in [7, 11) is 1.69. The molecule has 108 valence electrons. The minimum atomic E-state index is 0.594. The highest BCUT2D eigenvalue weighted by Crippen LogP contribution is 2.32. The molecule has 0 atom stereocenters. The number of fused-ring (bicyclic) bond motifs is 1. The molecule has 0 amide bonds. The van der Waals surface area contributed by atoms with Gasteiger partial charge in [0, 0.05) is 24.2 Å². The predicted octanol–water partition coefficient (Wildman–Crippen LogP) is 4.66. The number of imidazole rings is 1. The number of hydrogen-bond donors (Lipinski definition) is 0. The summed E-state index contributed by atoms with van der Waals surface area (Å²) in [6.07, 6.45) is 0. The maximum absolute atomic E-state index is 6.33. The van der Waals surface area contributed by atoms with Crippen LogP contribution in [0.2, 0.25) is 10.0 Å². The van der Waals surface area contributed by atoms with Gasteiger partial charge in [-0.1, -0.05) is 35.3 Å². The van der Waals surface area contributed by atoms with E-state index in [1.165, 1.54) is 0 Å². The molecule has 0 unspecified atom stereocenters. The lowest BCUT2D eigenvalue weighted by atomic mass is 10.2. The summed E-state index contributed by atoms with van der Waals surface area (Å²) in [5.41, 5.74) is 2.87. The largest absolute Gasteiger partial charge is 0.383 e. The quantitative estimate of drug-likeness (QED) is 0.699. The van der Waals surface area contributed by atoms with Crippen LogP contribution in [0.3, 0.4) is 0 Å². The average Bonchev–Trinajstić information content (AvgIpc) is 2.83. The van der Waals surface area contributed by atoms with Crippen LogP contribution in [0, 0.1) is 0 Å². The van der Waals surface area contributed by atoms with Gasteiger partial charge >= 0.3 is 0 Å². The smallest absolute Gasteiger partial charge is 0.142 e. The van der Waals surface area contributed by atoms with Crippen molar-refractivity contribution >= 4 is 34.2 Å². The minimum absolute atomic E-state index is 0.594. The zero-order chi connectivity index (χ0) is 14.8. The summed E-state index contributed by atoms with van der Waals surface area (Å²) in [6, 6.07) is 13.5. The van der Waals surface area contributed by atoms with E-state index in [2.05, 4.69) is 4.57 Å². The molecule has 5 heteroatoms. The monoisotopic (exact) mass is 320 g/mol. The van der Waals surface area contributed by atoms with E-state index >= 15 is 0 Å². The summed E-state index contributed by atoms with van der Waals surface area (Å²) < 4.78 is 7.32. The van der Waals surface area contributed by atoms with Crippen LogP contribution >= 0.6 is 23.2 Å². The molecule has 0 aliphatic carbocycles. The van der Waals surface area contributed by atoms with Gasteiger partial charge in [0.15, 0.2) is 0 Å². The van der Waals surface area contributed by atoms with Gasteiger partial charge in [-0.05, 0) is 30.3 Å². The third kappa shape index (κ3) is 2.77. The molecule has 0 fully saturated rings. The number of ether oxygens (including phenoxy) is 1. The standard InChI is InChI=1S/C16H14Cl2N2O/c1-21-9-8-20-15-5-3-2-4-14(15)19-16(20)12-7-6-11(17)10-13(12)18/h2-7,10H,8-9H2,1H3. The Balaban J connectivity index is 2.20. The van der Waals surface area contributed by atoms with Gasteiger partial charge in [0.05, 0.1) is 22.7 Å². The lowest BCUT2D eigenvalue weighted by molar-refractivity contribution is 0.188. The van der Waals surface area contributed by atoms with Crippen LogP contribution in [-0.4, -0.2) is 23.3 Å². The number of para-hydroxylation sites is 2. The zero-order valence-electron chi connectivity index (χ0n) is 11.5.